The van der Waals surface area contributed by atoms with Crippen molar-refractivity contribution >= 4 is 28.5 Å². The Kier molecular flexibility index (Phi) is 3.80. The van der Waals surface area contributed by atoms with E-state index in [9.17, 15) is 0 Å². The average molecular weight is 281 g/mol. The number of rotatable bonds is 2. The first-order valence-corrected chi connectivity index (χ1v) is 7.89. The number of aliphatic imine (C=N–C) groups is 1. The van der Waals surface area contributed by atoms with Crippen molar-refractivity contribution in [3.63, 3.8) is 0 Å². The summed E-state index contributed by atoms with van der Waals surface area (Å²) < 4.78 is 0. The Bertz CT molecular complexity index is 461. The summed E-state index contributed by atoms with van der Waals surface area (Å²) in [7, 11) is 0. The number of fused-ring (bicyclic) bond motifs is 1. The van der Waals surface area contributed by atoms with Gasteiger partial charge in [-0.1, -0.05) is 48.3 Å². The van der Waals surface area contributed by atoms with Gasteiger partial charge < -0.3 is 5.32 Å². The largest absolute Gasteiger partial charge is 0.360 e. The van der Waals surface area contributed by atoms with Crippen molar-refractivity contribution in [3.8, 4) is 0 Å². The van der Waals surface area contributed by atoms with Crippen molar-refractivity contribution in [3.05, 3.63) is 34.9 Å². The normalized spacial score (nSPS) is 26.4. The molecule has 2 nitrogen and oxygen atoms in total. The van der Waals surface area contributed by atoms with E-state index in [1.165, 1.54) is 31.2 Å². The quantitative estimate of drug-likeness (QED) is 0.890. The Morgan fingerprint density at radius 3 is 3.06 bits per heavy atom. The highest BCUT2D eigenvalue weighted by Crippen LogP contribution is 2.28. The molecule has 4 heteroatoms. The average Bonchev–Trinajstić information content (AvgIpc) is 2.79. The molecular weight excluding hydrogens is 264 g/mol. The first kappa shape index (κ1) is 12.4. The molecule has 96 valence electrons. The minimum absolute atomic E-state index is 0.528. The predicted molar refractivity (Wildman–Crippen MR) is 79.4 cm³/mol. The molecule has 2 aliphatic rings. The lowest BCUT2D eigenvalue weighted by molar-refractivity contribution is 0.385. The molecule has 0 amide bonds. The Morgan fingerprint density at radius 2 is 2.22 bits per heavy atom. The fourth-order valence-electron chi connectivity index (χ4n) is 2.64. The van der Waals surface area contributed by atoms with Gasteiger partial charge in [-0.2, -0.15) is 0 Å². The van der Waals surface area contributed by atoms with Crippen LogP contribution in [0.1, 0.15) is 31.2 Å². The van der Waals surface area contributed by atoms with E-state index in [2.05, 4.69) is 11.4 Å². The molecule has 0 bridgehead atoms. The second kappa shape index (κ2) is 5.54. The number of hydrogen-bond donors (Lipinski definition) is 1. The molecule has 1 aromatic rings. The van der Waals surface area contributed by atoms with Crippen molar-refractivity contribution in [2.45, 2.75) is 43.5 Å². The van der Waals surface area contributed by atoms with E-state index in [0.29, 0.717) is 12.1 Å². The fourth-order valence-corrected chi connectivity index (χ4v) is 3.78. The Balaban J connectivity index is 1.58. The summed E-state index contributed by atoms with van der Waals surface area (Å²) >= 11 is 7.78. The van der Waals surface area contributed by atoms with Crippen molar-refractivity contribution in [1.29, 1.82) is 0 Å². The van der Waals surface area contributed by atoms with Gasteiger partial charge in [0.1, 0.15) is 0 Å². The summed E-state index contributed by atoms with van der Waals surface area (Å²) in [4.78, 5) is 4.78. The topological polar surface area (TPSA) is 24.4 Å². The summed E-state index contributed by atoms with van der Waals surface area (Å²) in [6.45, 7) is 0. The Hall–Kier alpha value is -0.670. The van der Waals surface area contributed by atoms with Crippen LogP contribution in [0.3, 0.4) is 0 Å². The SMILES string of the molecule is Clc1cccc(CSC2=N[C@@H]3CCCC[C@H]3N2)c1. The first-order chi connectivity index (χ1) is 8.81. The van der Waals surface area contributed by atoms with Crippen LogP contribution in [-0.4, -0.2) is 17.3 Å². The van der Waals surface area contributed by atoms with Crippen molar-refractivity contribution in [1.82, 2.24) is 5.32 Å². The molecule has 0 radical (unpaired) electrons. The van der Waals surface area contributed by atoms with Crippen LogP contribution in [0, 0.1) is 0 Å². The van der Waals surface area contributed by atoms with Crippen molar-refractivity contribution in [2.24, 2.45) is 4.99 Å². The number of thioether (sulfide) groups is 1. The van der Waals surface area contributed by atoms with Gasteiger partial charge in [0.05, 0.1) is 12.1 Å². The number of nitrogens with zero attached hydrogens (tertiary/aromatic N) is 1. The van der Waals surface area contributed by atoms with E-state index in [0.717, 1.165) is 15.9 Å². The minimum atomic E-state index is 0.528. The monoisotopic (exact) mass is 280 g/mol. The summed E-state index contributed by atoms with van der Waals surface area (Å²) in [5.74, 6) is 0.936. The number of benzene rings is 1. The van der Waals surface area contributed by atoms with Crippen molar-refractivity contribution < 1.29 is 0 Å². The predicted octanol–water partition coefficient (Wildman–Crippen LogP) is 3.84. The molecule has 1 aromatic carbocycles. The lowest BCUT2D eigenvalue weighted by Gasteiger charge is -2.23. The van der Waals surface area contributed by atoms with Gasteiger partial charge in [0.15, 0.2) is 5.17 Å². The molecule has 0 saturated heterocycles. The maximum absolute atomic E-state index is 5.98. The summed E-state index contributed by atoms with van der Waals surface area (Å²) in [5.41, 5.74) is 1.26. The molecular formula is C14H17ClN2S. The molecule has 1 aliphatic heterocycles. The van der Waals surface area contributed by atoms with Crippen LogP contribution in [0.2, 0.25) is 5.02 Å². The third kappa shape index (κ3) is 2.83. The zero-order chi connectivity index (χ0) is 12.4. The summed E-state index contributed by atoms with van der Waals surface area (Å²) in [5, 5.41) is 5.48. The van der Waals surface area contributed by atoms with E-state index < -0.39 is 0 Å². The van der Waals surface area contributed by atoms with Gasteiger partial charge in [-0.25, -0.2) is 0 Å². The van der Waals surface area contributed by atoms with Crippen LogP contribution >= 0.6 is 23.4 Å². The van der Waals surface area contributed by atoms with Gasteiger partial charge in [-0.15, -0.1) is 0 Å². The first-order valence-electron chi connectivity index (χ1n) is 6.53. The number of hydrogen-bond acceptors (Lipinski definition) is 3. The van der Waals surface area contributed by atoms with Crippen molar-refractivity contribution in [2.75, 3.05) is 0 Å². The molecule has 2 atom stereocenters. The standard InChI is InChI=1S/C14H17ClN2S/c15-11-5-3-4-10(8-11)9-18-14-16-12-6-1-2-7-13(12)17-14/h3-5,8,12-13H,1-2,6-7,9H2,(H,16,17)/t12-,13-/m1/s1. The lowest BCUT2D eigenvalue weighted by Crippen LogP contribution is -2.36. The number of nitrogens with one attached hydrogen (secondary N) is 1. The van der Waals surface area contributed by atoms with Crippen LogP contribution < -0.4 is 5.32 Å². The van der Waals surface area contributed by atoms with E-state index in [4.69, 9.17) is 16.6 Å². The number of halogens is 1. The van der Waals surface area contributed by atoms with Gasteiger partial charge in [-0.3, -0.25) is 4.99 Å². The molecule has 1 fully saturated rings. The minimum Gasteiger partial charge on any atom is -0.360 e. The number of amidine groups is 1. The van der Waals surface area contributed by atoms with Crippen LogP contribution in [0.5, 0.6) is 0 Å². The summed E-state index contributed by atoms with van der Waals surface area (Å²) in [6, 6.07) is 9.18. The molecule has 0 unspecified atom stereocenters. The molecule has 1 N–H and O–H groups in total. The molecule has 3 rings (SSSR count). The fraction of sp³-hybridized carbons (Fsp3) is 0.500. The molecule has 0 spiro atoms. The van der Waals surface area contributed by atoms with Crippen LogP contribution in [-0.2, 0) is 5.75 Å². The van der Waals surface area contributed by atoms with Gasteiger partial charge in [0.25, 0.3) is 0 Å². The maximum Gasteiger partial charge on any atom is 0.157 e. The molecule has 1 heterocycles. The highest BCUT2D eigenvalue weighted by molar-refractivity contribution is 8.13. The third-order valence-corrected chi connectivity index (χ3v) is 4.80. The van der Waals surface area contributed by atoms with E-state index in [1.54, 1.807) is 11.8 Å². The highest BCUT2D eigenvalue weighted by Gasteiger charge is 2.30. The zero-order valence-electron chi connectivity index (χ0n) is 10.2. The zero-order valence-corrected chi connectivity index (χ0v) is 11.8. The molecule has 0 aromatic heterocycles. The van der Waals surface area contributed by atoms with E-state index >= 15 is 0 Å². The second-order valence-electron chi connectivity index (χ2n) is 4.96. The summed E-state index contributed by atoms with van der Waals surface area (Å²) in [6.07, 6.45) is 5.20. The third-order valence-electron chi connectivity index (χ3n) is 3.59. The van der Waals surface area contributed by atoms with Crippen LogP contribution in [0.15, 0.2) is 29.3 Å². The van der Waals surface area contributed by atoms with E-state index in [1.807, 2.05) is 18.2 Å². The lowest BCUT2D eigenvalue weighted by atomic mass is 9.92. The molecule has 18 heavy (non-hydrogen) atoms. The highest BCUT2D eigenvalue weighted by atomic mass is 35.5. The smallest absolute Gasteiger partial charge is 0.157 e. The molecule has 1 saturated carbocycles. The van der Waals surface area contributed by atoms with Gasteiger partial charge in [0, 0.05) is 10.8 Å². The van der Waals surface area contributed by atoms with Gasteiger partial charge >= 0.3 is 0 Å². The Labute approximate surface area is 117 Å². The van der Waals surface area contributed by atoms with Crippen LogP contribution in [0.4, 0.5) is 0 Å². The second-order valence-corrected chi connectivity index (χ2v) is 6.36. The molecule has 1 aliphatic carbocycles. The van der Waals surface area contributed by atoms with Crippen LogP contribution in [0.25, 0.3) is 0 Å². The van der Waals surface area contributed by atoms with Gasteiger partial charge in [0.2, 0.25) is 0 Å². The van der Waals surface area contributed by atoms with E-state index in [-0.39, 0.29) is 0 Å². The maximum atomic E-state index is 5.98. The Morgan fingerprint density at radius 1 is 1.33 bits per heavy atom. The van der Waals surface area contributed by atoms with Gasteiger partial charge in [-0.05, 0) is 30.5 Å².